The molecule has 0 unspecified atom stereocenters. The second-order valence-corrected chi connectivity index (χ2v) is 4.78. The topological polar surface area (TPSA) is 44.5 Å². The minimum atomic E-state index is 0.485. The number of hydrogen-bond donors (Lipinski definition) is 1. The Kier molecular flexibility index (Phi) is 3.86. The van der Waals surface area contributed by atoms with Crippen LogP contribution in [-0.4, -0.2) is 7.11 Å². The van der Waals surface area contributed by atoms with Crippen molar-refractivity contribution in [3.8, 4) is 17.2 Å². The highest BCUT2D eigenvalue weighted by Crippen LogP contribution is 2.37. The first-order chi connectivity index (χ1) is 9.02. The highest BCUT2D eigenvalue weighted by atomic mass is 35.5. The van der Waals surface area contributed by atoms with Crippen LogP contribution in [0.4, 0.5) is 5.69 Å². The SMILES string of the molecule is COc1cccc(Oc2c(C)cc(Cl)cc2C)c1N. The molecule has 0 spiro atoms. The summed E-state index contributed by atoms with van der Waals surface area (Å²) in [6, 6.07) is 9.17. The van der Waals surface area contributed by atoms with Gasteiger partial charge in [0.05, 0.1) is 7.11 Å². The Balaban J connectivity index is 2.42. The van der Waals surface area contributed by atoms with Crippen LogP contribution < -0.4 is 15.2 Å². The fraction of sp³-hybridized carbons (Fsp3) is 0.200. The summed E-state index contributed by atoms with van der Waals surface area (Å²) in [7, 11) is 1.58. The first-order valence-corrected chi connectivity index (χ1v) is 6.27. The molecule has 0 saturated carbocycles. The van der Waals surface area contributed by atoms with Gasteiger partial charge in [-0.25, -0.2) is 0 Å². The molecule has 4 heteroatoms. The van der Waals surface area contributed by atoms with Gasteiger partial charge in [0.15, 0.2) is 5.75 Å². The lowest BCUT2D eigenvalue weighted by molar-refractivity contribution is 0.411. The highest BCUT2D eigenvalue weighted by molar-refractivity contribution is 6.30. The maximum atomic E-state index is 6.00. The van der Waals surface area contributed by atoms with E-state index in [1.807, 2.05) is 38.1 Å². The average Bonchev–Trinajstić information content (AvgIpc) is 2.35. The van der Waals surface area contributed by atoms with Gasteiger partial charge in [-0.05, 0) is 49.2 Å². The second-order valence-electron chi connectivity index (χ2n) is 4.34. The summed E-state index contributed by atoms with van der Waals surface area (Å²) in [5, 5.41) is 0.695. The van der Waals surface area contributed by atoms with Crippen molar-refractivity contribution in [3.63, 3.8) is 0 Å². The van der Waals surface area contributed by atoms with E-state index in [-0.39, 0.29) is 0 Å². The zero-order valence-electron chi connectivity index (χ0n) is 11.2. The predicted molar refractivity (Wildman–Crippen MR) is 78.4 cm³/mol. The Bertz CT molecular complexity index is 588. The van der Waals surface area contributed by atoms with Crippen LogP contribution in [0, 0.1) is 13.8 Å². The number of anilines is 1. The minimum absolute atomic E-state index is 0.485. The highest BCUT2D eigenvalue weighted by Gasteiger charge is 2.11. The second kappa shape index (κ2) is 5.41. The molecule has 0 fully saturated rings. The van der Waals surface area contributed by atoms with Crippen LogP contribution in [0.25, 0.3) is 0 Å². The van der Waals surface area contributed by atoms with Crippen LogP contribution in [0.3, 0.4) is 0 Å². The molecule has 0 amide bonds. The molecule has 0 bridgehead atoms. The fourth-order valence-corrected chi connectivity index (χ4v) is 2.29. The van der Waals surface area contributed by atoms with Crippen molar-refractivity contribution >= 4 is 17.3 Å². The normalized spacial score (nSPS) is 10.3. The Morgan fingerprint density at radius 1 is 1.05 bits per heavy atom. The summed E-state index contributed by atoms with van der Waals surface area (Å²) in [5.74, 6) is 1.94. The van der Waals surface area contributed by atoms with Gasteiger partial charge in [0.1, 0.15) is 17.2 Å². The number of rotatable bonds is 3. The van der Waals surface area contributed by atoms with Crippen molar-refractivity contribution in [3.05, 3.63) is 46.5 Å². The lowest BCUT2D eigenvalue weighted by atomic mass is 10.1. The lowest BCUT2D eigenvalue weighted by Gasteiger charge is -2.15. The van der Waals surface area contributed by atoms with Crippen molar-refractivity contribution in [2.75, 3.05) is 12.8 Å². The van der Waals surface area contributed by atoms with Crippen molar-refractivity contribution < 1.29 is 9.47 Å². The third kappa shape index (κ3) is 2.76. The van der Waals surface area contributed by atoms with E-state index in [0.717, 1.165) is 16.9 Å². The van der Waals surface area contributed by atoms with Gasteiger partial charge >= 0.3 is 0 Å². The number of halogens is 1. The number of methoxy groups -OCH3 is 1. The predicted octanol–water partition coefficient (Wildman–Crippen LogP) is 4.34. The van der Waals surface area contributed by atoms with Gasteiger partial charge in [0.2, 0.25) is 0 Å². The first-order valence-electron chi connectivity index (χ1n) is 5.90. The number of aryl methyl sites for hydroxylation is 2. The van der Waals surface area contributed by atoms with Crippen LogP contribution >= 0.6 is 11.6 Å². The van der Waals surface area contributed by atoms with Crippen molar-refractivity contribution in [1.29, 1.82) is 0 Å². The van der Waals surface area contributed by atoms with Gasteiger partial charge < -0.3 is 15.2 Å². The lowest BCUT2D eigenvalue weighted by Crippen LogP contribution is -1.98. The molecule has 2 rings (SSSR count). The number of nitrogen functional groups attached to an aromatic ring is 1. The fourth-order valence-electron chi connectivity index (χ4n) is 1.96. The molecule has 3 nitrogen and oxygen atoms in total. The molecule has 2 aromatic carbocycles. The van der Waals surface area contributed by atoms with E-state index in [1.54, 1.807) is 13.2 Å². The number of ether oxygens (including phenoxy) is 2. The minimum Gasteiger partial charge on any atom is -0.494 e. The molecule has 100 valence electrons. The third-order valence-corrected chi connectivity index (χ3v) is 3.10. The summed E-state index contributed by atoms with van der Waals surface area (Å²) in [5.41, 5.74) is 8.41. The van der Waals surface area contributed by atoms with Gasteiger partial charge in [-0.3, -0.25) is 0 Å². The molecule has 0 aromatic heterocycles. The monoisotopic (exact) mass is 277 g/mol. The maximum absolute atomic E-state index is 6.00. The molecule has 0 aliphatic rings. The zero-order chi connectivity index (χ0) is 14.0. The van der Waals surface area contributed by atoms with E-state index < -0.39 is 0 Å². The molecule has 0 saturated heterocycles. The molecule has 0 aliphatic carbocycles. The van der Waals surface area contributed by atoms with E-state index in [1.165, 1.54) is 0 Å². The van der Waals surface area contributed by atoms with E-state index in [2.05, 4.69) is 0 Å². The summed E-state index contributed by atoms with van der Waals surface area (Å²) in [6.07, 6.45) is 0. The van der Waals surface area contributed by atoms with Crippen LogP contribution in [0.5, 0.6) is 17.2 Å². The van der Waals surface area contributed by atoms with Crippen molar-refractivity contribution in [1.82, 2.24) is 0 Å². The van der Waals surface area contributed by atoms with Crippen LogP contribution in [0.1, 0.15) is 11.1 Å². The number of para-hydroxylation sites is 1. The van der Waals surface area contributed by atoms with Gasteiger partial charge in [0, 0.05) is 5.02 Å². The van der Waals surface area contributed by atoms with Crippen molar-refractivity contribution in [2.45, 2.75) is 13.8 Å². The number of benzene rings is 2. The molecule has 0 heterocycles. The van der Waals surface area contributed by atoms with Gasteiger partial charge in [0.25, 0.3) is 0 Å². The molecule has 2 aromatic rings. The zero-order valence-corrected chi connectivity index (χ0v) is 11.9. The van der Waals surface area contributed by atoms with Crippen LogP contribution in [0.15, 0.2) is 30.3 Å². The van der Waals surface area contributed by atoms with Gasteiger partial charge in [-0.15, -0.1) is 0 Å². The quantitative estimate of drug-likeness (QED) is 0.849. The molecule has 19 heavy (non-hydrogen) atoms. The standard InChI is InChI=1S/C15H16ClNO2/c1-9-7-11(16)8-10(2)15(9)19-13-6-4-5-12(18-3)14(13)17/h4-8H,17H2,1-3H3. The van der Waals surface area contributed by atoms with E-state index in [0.29, 0.717) is 22.2 Å². The molecule has 2 N–H and O–H groups in total. The van der Waals surface area contributed by atoms with E-state index >= 15 is 0 Å². The Hall–Kier alpha value is -1.87. The Labute approximate surface area is 117 Å². The Morgan fingerprint density at radius 3 is 2.21 bits per heavy atom. The summed E-state index contributed by atoms with van der Waals surface area (Å²) in [4.78, 5) is 0. The molecule has 0 aliphatic heterocycles. The first kappa shape index (κ1) is 13.6. The summed E-state index contributed by atoms with van der Waals surface area (Å²) < 4.78 is 11.1. The van der Waals surface area contributed by atoms with Gasteiger partial charge in [-0.1, -0.05) is 17.7 Å². The molecular weight excluding hydrogens is 262 g/mol. The van der Waals surface area contributed by atoms with Gasteiger partial charge in [-0.2, -0.15) is 0 Å². The largest absolute Gasteiger partial charge is 0.494 e. The molecular formula is C15H16ClNO2. The smallest absolute Gasteiger partial charge is 0.154 e. The maximum Gasteiger partial charge on any atom is 0.154 e. The summed E-state index contributed by atoms with van der Waals surface area (Å²) >= 11 is 6.00. The summed E-state index contributed by atoms with van der Waals surface area (Å²) in [6.45, 7) is 3.90. The molecule has 0 radical (unpaired) electrons. The number of nitrogens with two attached hydrogens (primary N) is 1. The van der Waals surface area contributed by atoms with E-state index in [4.69, 9.17) is 26.8 Å². The van der Waals surface area contributed by atoms with Crippen LogP contribution in [-0.2, 0) is 0 Å². The molecule has 0 atom stereocenters. The average molecular weight is 278 g/mol. The Morgan fingerprint density at radius 2 is 1.63 bits per heavy atom. The van der Waals surface area contributed by atoms with Crippen LogP contribution in [0.2, 0.25) is 5.02 Å². The van der Waals surface area contributed by atoms with Crippen molar-refractivity contribution in [2.24, 2.45) is 0 Å². The third-order valence-electron chi connectivity index (χ3n) is 2.88. The number of hydrogen-bond acceptors (Lipinski definition) is 3. The van der Waals surface area contributed by atoms with E-state index in [9.17, 15) is 0 Å².